The number of hydrogen-bond donors (Lipinski definition) is 0. The van der Waals surface area contributed by atoms with Crippen molar-refractivity contribution < 1.29 is 117 Å². The van der Waals surface area contributed by atoms with Crippen LogP contribution >= 0.6 is 0 Å². The van der Waals surface area contributed by atoms with E-state index in [4.69, 9.17) is 18.9 Å². The fraction of sp³-hybridized carbons (Fsp3) is 0. The summed E-state index contributed by atoms with van der Waals surface area (Å²) in [4.78, 5) is 50.0. The second-order valence-electron chi connectivity index (χ2n) is 8.63. The van der Waals surface area contributed by atoms with E-state index in [9.17, 15) is 19.2 Å². The number of ether oxygens (including phenoxy) is 4. The first-order valence-corrected chi connectivity index (χ1v) is 12.6. The molecule has 0 amide bonds. The van der Waals surface area contributed by atoms with Gasteiger partial charge in [0.15, 0.2) is 11.5 Å². The molecular formula is C34H20O8V2W2-2. The summed E-state index contributed by atoms with van der Waals surface area (Å²) >= 11 is 0. The topological polar surface area (TPSA) is 105 Å². The van der Waals surface area contributed by atoms with Crippen LogP contribution in [0.4, 0.5) is 0 Å². The average Bonchev–Trinajstić information content (AvgIpc) is 3.03. The van der Waals surface area contributed by atoms with E-state index >= 15 is 0 Å². The number of esters is 4. The van der Waals surface area contributed by atoms with Crippen LogP contribution in [0.5, 0.6) is 23.0 Å². The van der Waals surface area contributed by atoms with Gasteiger partial charge in [0.2, 0.25) is 0 Å². The van der Waals surface area contributed by atoms with Gasteiger partial charge in [-0.25, -0.2) is 19.2 Å². The molecule has 0 bridgehead atoms. The van der Waals surface area contributed by atoms with Gasteiger partial charge in [-0.15, -0.1) is 0 Å². The summed E-state index contributed by atoms with van der Waals surface area (Å²) in [5.74, 6) is -1.96. The van der Waals surface area contributed by atoms with Gasteiger partial charge in [-0.2, -0.15) is 60.7 Å². The Bertz CT molecular complexity index is 1610. The van der Waals surface area contributed by atoms with Crippen molar-refractivity contribution >= 4 is 23.9 Å². The Morgan fingerprint density at radius 2 is 0.674 bits per heavy atom. The van der Waals surface area contributed by atoms with E-state index < -0.39 is 23.9 Å². The Hall–Kier alpha value is -3.47. The zero-order chi connectivity index (χ0) is 29.3. The molecule has 0 saturated heterocycles. The normalized spacial score (nSPS) is 9.39. The molecule has 0 N–H and O–H groups in total. The predicted octanol–water partition coefficient (Wildman–Crippen LogP) is 6.15. The van der Waals surface area contributed by atoms with Gasteiger partial charge in [0.1, 0.15) is 11.5 Å². The molecule has 0 aliphatic carbocycles. The van der Waals surface area contributed by atoms with Crippen LogP contribution < -0.4 is 18.9 Å². The van der Waals surface area contributed by atoms with Crippen LogP contribution in [-0.4, -0.2) is 23.9 Å². The van der Waals surface area contributed by atoms with Crippen molar-refractivity contribution in [3.63, 3.8) is 0 Å². The van der Waals surface area contributed by atoms with Gasteiger partial charge in [0.05, 0.1) is 11.1 Å². The standard InChI is InChI=1S/C34H20O8.2V.2W/c35-31(23-9-3-1-4-10-23)39-27-19-15-25(16-20-27)33(37)41-29-13-7-8-14-30(29)42-34(38)26-17-21-28(22-18-26)40-32(36)24-11-5-2-6-12-24;;;;/h3-22H;;;;/q-2;;;;. The summed E-state index contributed by atoms with van der Waals surface area (Å²) in [5.41, 5.74) is 1.10. The van der Waals surface area contributed by atoms with E-state index in [2.05, 4.69) is 12.1 Å². The second-order valence-corrected chi connectivity index (χ2v) is 8.63. The van der Waals surface area contributed by atoms with Gasteiger partial charge >= 0.3 is 23.9 Å². The molecule has 228 valence electrons. The molecule has 5 rings (SSSR count). The number of carbonyl (C=O) groups excluding carboxylic acids is 4. The molecule has 12 heteroatoms. The Kier molecular flexibility index (Phi) is 17.6. The third-order valence-corrected chi connectivity index (χ3v) is 5.76. The smallest absolute Gasteiger partial charge is 0.343 e. The molecule has 5 aromatic carbocycles. The summed E-state index contributed by atoms with van der Waals surface area (Å²) in [6.45, 7) is 0. The quantitative estimate of drug-likeness (QED) is 0.104. The van der Waals surface area contributed by atoms with Crippen molar-refractivity contribution in [2.75, 3.05) is 0 Å². The van der Waals surface area contributed by atoms with Gasteiger partial charge in [-0.05, 0) is 71.8 Å². The van der Waals surface area contributed by atoms with Crippen LogP contribution in [0.2, 0.25) is 0 Å². The van der Waals surface area contributed by atoms with Crippen molar-refractivity contribution in [3.05, 3.63) is 156 Å². The second kappa shape index (κ2) is 19.9. The minimum absolute atomic E-state index is 0. The minimum Gasteiger partial charge on any atom is -0.424 e. The molecule has 0 atom stereocenters. The summed E-state index contributed by atoms with van der Waals surface area (Å²) in [5, 5.41) is 0. The first-order chi connectivity index (χ1) is 20.5. The molecule has 0 heterocycles. The summed E-state index contributed by atoms with van der Waals surface area (Å²) in [7, 11) is 0. The third-order valence-electron chi connectivity index (χ3n) is 5.76. The van der Waals surface area contributed by atoms with Crippen LogP contribution in [0.25, 0.3) is 0 Å². The van der Waals surface area contributed by atoms with E-state index in [1.807, 2.05) is 0 Å². The maximum absolute atomic E-state index is 12.8. The van der Waals surface area contributed by atoms with Gasteiger partial charge in [-0.3, -0.25) is 0 Å². The summed E-state index contributed by atoms with van der Waals surface area (Å²) in [6.07, 6.45) is 0. The molecule has 0 aromatic heterocycles. The van der Waals surface area contributed by atoms with E-state index in [1.165, 1.54) is 60.7 Å². The summed E-state index contributed by atoms with van der Waals surface area (Å²) in [6, 6.07) is 36.3. The molecule has 5 aromatic rings. The number of carbonyl (C=O) groups is 4. The zero-order valence-corrected chi connectivity index (χ0v) is 32.2. The molecule has 0 fully saturated rings. The zero-order valence-electron chi connectivity index (χ0n) is 23.5. The van der Waals surface area contributed by atoms with Crippen molar-refractivity contribution in [1.29, 1.82) is 0 Å². The van der Waals surface area contributed by atoms with Crippen LogP contribution in [0.15, 0.2) is 121 Å². The maximum atomic E-state index is 12.8. The van der Waals surface area contributed by atoms with Gasteiger partial charge in [0, 0.05) is 79.2 Å². The Labute approximate surface area is 317 Å². The number of rotatable bonds is 8. The van der Waals surface area contributed by atoms with Gasteiger partial charge in [-0.1, -0.05) is 12.1 Å². The number of hydrogen-bond acceptors (Lipinski definition) is 8. The van der Waals surface area contributed by atoms with Gasteiger partial charge in [0.25, 0.3) is 0 Å². The van der Waals surface area contributed by atoms with Crippen molar-refractivity contribution in [2.45, 2.75) is 0 Å². The monoisotopic (exact) mass is 1030 g/mol. The molecule has 0 spiro atoms. The first kappa shape index (κ1) is 40.5. The van der Waals surface area contributed by atoms with E-state index in [1.54, 1.807) is 60.7 Å². The molecule has 0 saturated carbocycles. The van der Waals surface area contributed by atoms with Crippen LogP contribution in [0.1, 0.15) is 41.4 Å². The third kappa shape index (κ3) is 11.1. The van der Waals surface area contributed by atoms with E-state index in [0.29, 0.717) is 11.1 Å². The van der Waals surface area contributed by atoms with Gasteiger partial charge < -0.3 is 18.9 Å². The first-order valence-electron chi connectivity index (χ1n) is 12.6. The minimum atomic E-state index is -0.711. The van der Waals surface area contributed by atoms with Crippen molar-refractivity contribution in [2.24, 2.45) is 0 Å². The molecule has 0 unspecified atom stereocenters. The Balaban J connectivity index is 0.00000264. The van der Waals surface area contributed by atoms with E-state index in [-0.39, 0.29) is 113 Å². The molecular weight excluding hydrogens is 1010 g/mol. The Morgan fingerprint density at radius 1 is 0.391 bits per heavy atom. The molecule has 0 aliphatic rings. The SMILES string of the molecule is O=C(Oc1ccc(C(=O)Oc2ccccc2OC(=O)c2ccc(OC(=O)c3cc[c-]cc3)cc2)cc1)c1cc[c-]cc1.[V].[V].[W].[W]. The largest absolute Gasteiger partial charge is 0.424 e. The average molecular weight is 1030 g/mol. The molecule has 2 radical (unpaired) electrons. The Morgan fingerprint density at radius 3 is 1.00 bits per heavy atom. The van der Waals surface area contributed by atoms with Crippen molar-refractivity contribution in [1.82, 2.24) is 0 Å². The molecule has 0 aliphatic heterocycles. The predicted molar refractivity (Wildman–Crippen MR) is 150 cm³/mol. The summed E-state index contributed by atoms with van der Waals surface area (Å²) < 4.78 is 21.6. The van der Waals surface area contributed by atoms with Crippen LogP contribution in [0, 0.1) is 12.1 Å². The maximum Gasteiger partial charge on any atom is 0.343 e. The fourth-order valence-corrected chi connectivity index (χ4v) is 3.63. The fourth-order valence-electron chi connectivity index (χ4n) is 3.63. The van der Waals surface area contributed by atoms with Crippen LogP contribution in [-0.2, 0) is 79.2 Å². The van der Waals surface area contributed by atoms with Crippen molar-refractivity contribution in [3.8, 4) is 23.0 Å². The molecule has 46 heavy (non-hydrogen) atoms. The molecule has 8 nitrogen and oxygen atoms in total. The number of para-hydroxylation sites is 2. The van der Waals surface area contributed by atoms with Crippen LogP contribution in [0.3, 0.4) is 0 Å². The number of benzene rings is 5. The van der Waals surface area contributed by atoms with E-state index in [0.717, 1.165) is 0 Å².